The van der Waals surface area contributed by atoms with Crippen LogP contribution in [0.1, 0.15) is 21.5 Å². The van der Waals surface area contributed by atoms with Gasteiger partial charge >= 0.3 is 0 Å². The first-order valence-corrected chi connectivity index (χ1v) is 9.16. The van der Waals surface area contributed by atoms with Crippen molar-refractivity contribution < 1.29 is 14.3 Å². The fraction of sp³-hybridized carbons (Fsp3) is 0.143. The molecule has 0 saturated heterocycles. The number of ether oxygens (including phenoxy) is 2. The van der Waals surface area contributed by atoms with E-state index >= 15 is 0 Å². The van der Waals surface area contributed by atoms with Crippen LogP contribution in [0.5, 0.6) is 11.5 Å². The maximum atomic E-state index is 12.3. The Kier molecular flexibility index (Phi) is 5.30. The largest absolute Gasteiger partial charge is 0.454 e. The van der Waals surface area contributed by atoms with Crippen LogP contribution in [0, 0.1) is 0 Å². The van der Waals surface area contributed by atoms with Gasteiger partial charge in [0.05, 0.1) is 5.56 Å². The van der Waals surface area contributed by atoms with Crippen molar-refractivity contribution in [1.82, 2.24) is 10.3 Å². The fourth-order valence-corrected chi connectivity index (χ4v) is 2.89. The molecule has 7 heteroatoms. The molecule has 28 heavy (non-hydrogen) atoms. The quantitative estimate of drug-likeness (QED) is 0.659. The van der Waals surface area contributed by atoms with Gasteiger partial charge in [0.1, 0.15) is 5.82 Å². The minimum atomic E-state index is -0.186. The van der Waals surface area contributed by atoms with Crippen molar-refractivity contribution in [1.29, 1.82) is 0 Å². The monoisotopic (exact) mass is 395 g/mol. The fourth-order valence-electron chi connectivity index (χ4n) is 2.76. The molecule has 2 aromatic carbocycles. The van der Waals surface area contributed by atoms with Crippen molar-refractivity contribution >= 4 is 23.3 Å². The van der Waals surface area contributed by atoms with Crippen LogP contribution in [0.25, 0.3) is 0 Å². The van der Waals surface area contributed by atoms with Gasteiger partial charge in [-0.1, -0.05) is 29.8 Å². The van der Waals surface area contributed by atoms with E-state index in [0.717, 1.165) is 16.9 Å². The van der Waals surface area contributed by atoms with Gasteiger partial charge in [-0.15, -0.1) is 0 Å². The van der Waals surface area contributed by atoms with Gasteiger partial charge in [0.15, 0.2) is 11.5 Å². The molecule has 0 atom stereocenters. The second-order valence-electron chi connectivity index (χ2n) is 6.28. The second-order valence-corrected chi connectivity index (χ2v) is 6.72. The van der Waals surface area contributed by atoms with Crippen LogP contribution in [0.3, 0.4) is 0 Å². The third-order valence-electron chi connectivity index (χ3n) is 4.30. The van der Waals surface area contributed by atoms with Crippen LogP contribution < -0.4 is 20.1 Å². The van der Waals surface area contributed by atoms with Gasteiger partial charge in [-0.3, -0.25) is 4.79 Å². The molecule has 1 aliphatic rings. The van der Waals surface area contributed by atoms with E-state index < -0.39 is 0 Å². The van der Waals surface area contributed by atoms with Crippen molar-refractivity contribution in [3.63, 3.8) is 0 Å². The number of nitrogens with zero attached hydrogens (tertiary/aromatic N) is 1. The van der Waals surface area contributed by atoms with Crippen LogP contribution in [0.15, 0.2) is 60.8 Å². The number of hydrogen-bond donors (Lipinski definition) is 2. The number of rotatable bonds is 6. The van der Waals surface area contributed by atoms with E-state index in [1.54, 1.807) is 18.3 Å². The minimum Gasteiger partial charge on any atom is -0.454 e. The number of nitrogens with one attached hydrogen (secondary N) is 2. The summed E-state index contributed by atoms with van der Waals surface area (Å²) in [4.78, 5) is 16.6. The Hall–Kier alpha value is -3.25. The number of aromatic nitrogens is 1. The molecule has 1 amide bonds. The van der Waals surface area contributed by atoms with Gasteiger partial charge in [0, 0.05) is 24.3 Å². The Morgan fingerprint density at radius 2 is 1.75 bits per heavy atom. The topological polar surface area (TPSA) is 72.5 Å². The van der Waals surface area contributed by atoms with Crippen LogP contribution in [-0.2, 0) is 13.1 Å². The van der Waals surface area contributed by atoms with Crippen LogP contribution in [0.4, 0.5) is 5.82 Å². The number of hydrogen-bond acceptors (Lipinski definition) is 5. The summed E-state index contributed by atoms with van der Waals surface area (Å²) >= 11 is 5.88. The Morgan fingerprint density at radius 1 is 0.964 bits per heavy atom. The van der Waals surface area contributed by atoms with E-state index in [1.807, 2.05) is 42.5 Å². The molecule has 3 aromatic rings. The summed E-state index contributed by atoms with van der Waals surface area (Å²) in [5.41, 5.74) is 2.53. The molecule has 2 N–H and O–H groups in total. The van der Waals surface area contributed by atoms with Crippen molar-refractivity contribution in [3.8, 4) is 11.5 Å². The zero-order chi connectivity index (χ0) is 19.3. The number of benzene rings is 2. The highest BCUT2D eigenvalue weighted by Gasteiger charge is 2.13. The molecule has 2 heterocycles. The SMILES string of the molecule is O=C(NCc1ccc2c(c1)OCO2)c1ccc(NCc2ccc(Cl)cc2)nc1. The lowest BCUT2D eigenvalue weighted by Crippen LogP contribution is -2.22. The Labute approximate surface area is 167 Å². The summed E-state index contributed by atoms with van der Waals surface area (Å²) in [5.74, 6) is 1.93. The molecule has 0 aliphatic carbocycles. The standard InChI is InChI=1S/C21H18ClN3O3/c22-17-5-1-14(2-6-17)10-23-20-8-4-16(12-24-20)21(26)25-11-15-3-7-18-19(9-15)28-13-27-18/h1-9,12H,10-11,13H2,(H,23,24)(H,25,26). The number of carbonyl (C=O) groups excluding carboxylic acids is 1. The average Bonchev–Trinajstić information content (AvgIpc) is 3.20. The summed E-state index contributed by atoms with van der Waals surface area (Å²) in [6, 6.07) is 16.7. The molecule has 1 aliphatic heterocycles. The summed E-state index contributed by atoms with van der Waals surface area (Å²) in [6.45, 7) is 1.25. The zero-order valence-electron chi connectivity index (χ0n) is 14.9. The number of pyridine rings is 1. The van der Waals surface area contributed by atoms with E-state index in [4.69, 9.17) is 21.1 Å². The first kappa shape index (κ1) is 18.1. The van der Waals surface area contributed by atoms with E-state index in [1.165, 1.54) is 0 Å². The Bertz CT molecular complexity index is 975. The molecule has 0 spiro atoms. The second kappa shape index (κ2) is 8.19. The lowest BCUT2D eigenvalue weighted by molar-refractivity contribution is 0.0950. The molecule has 4 rings (SSSR count). The molecule has 0 fully saturated rings. The molecule has 0 unspecified atom stereocenters. The van der Waals surface area contributed by atoms with Gasteiger partial charge in [0.2, 0.25) is 6.79 Å². The number of amides is 1. The van der Waals surface area contributed by atoms with E-state index in [-0.39, 0.29) is 12.7 Å². The molecule has 6 nitrogen and oxygen atoms in total. The van der Waals surface area contributed by atoms with Crippen molar-refractivity contribution in [2.45, 2.75) is 13.1 Å². The van der Waals surface area contributed by atoms with Crippen molar-refractivity contribution in [2.24, 2.45) is 0 Å². The smallest absolute Gasteiger partial charge is 0.253 e. The lowest BCUT2D eigenvalue weighted by atomic mass is 10.2. The highest BCUT2D eigenvalue weighted by Crippen LogP contribution is 2.32. The molecular weight excluding hydrogens is 378 g/mol. The summed E-state index contributed by atoms with van der Waals surface area (Å²) in [6.07, 6.45) is 1.55. The van der Waals surface area contributed by atoms with Gasteiger partial charge in [-0.25, -0.2) is 4.98 Å². The molecule has 0 radical (unpaired) electrons. The third-order valence-corrected chi connectivity index (χ3v) is 4.55. The van der Waals surface area contributed by atoms with Crippen molar-refractivity contribution in [3.05, 3.63) is 82.5 Å². The lowest BCUT2D eigenvalue weighted by Gasteiger charge is -2.08. The maximum absolute atomic E-state index is 12.3. The van der Waals surface area contributed by atoms with Gasteiger partial charge in [-0.05, 0) is 47.5 Å². The van der Waals surface area contributed by atoms with Gasteiger partial charge < -0.3 is 20.1 Å². The zero-order valence-corrected chi connectivity index (χ0v) is 15.7. The average molecular weight is 396 g/mol. The van der Waals surface area contributed by atoms with Crippen LogP contribution in [-0.4, -0.2) is 17.7 Å². The van der Waals surface area contributed by atoms with Gasteiger partial charge in [-0.2, -0.15) is 0 Å². The van der Waals surface area contributed by atoms with Crippen molar-refractivity contribution in [2.75, 3.05) is 12.1 Å². The highest BCUT2D eigenvalue weighted by molar-refractivity contribution is 6.30. The summed E-state index contributed by atoms with van der Waals surface area (Å²) in [7, 11) is 0. The minimum absolute atomic E-state index is 0.186. The summed E-state index contributed by atoms with van der Waals surface area (Å²) in [5, 5.41) is 6.80. The number of carbonyl (C=O) groups is 1. The third kappa shape index (κ3) is 4.35. The predicted molar refractivity (Wildman–Crippen MR) is 107 cm³/mol. The maximum Gasteiger partial charge on any atom is 0.253 e. The van der Waals surface area contributed by atoms with Gasteiger partial charge in [0.25, 0.3) is 5.91 Å². The molecule has 142 valence electrons. The Balaban J connectivity index is 1.30. The summed E-state index contributed by atoms with van der Waals surface area (Å²) < 4.78 is 10.6. The van der Waals surface area contributed by atoms with E-state index in [0.29, 0.717) is 35.2 Å². The number of anilines is 1. The van der Waals surface area contributed by atoms with E-state index in [2.05, 4.69) is 15.6 Å². The first-order valence-electron chi connectivity index (χ1n) is 8.78. The normalized spacial score (nSPS) is 11.9. The van der Waals surface area contributed by atoms with Crippen LogP contribution >= 0.6 is 11.6 Å². The predicted octanol–water partition coefficient (Wildman–Crippen LogP) is 4.01. The number of fused-ring (bicyclic) bond motifs is 1. The molecule has 0 bridgehead atoms. The first-order chi connectivity index (χ1) is 13.7. The van der Waals surface area contributed by atoms with Crippen LogP contribution in [0.2, 0.25) is 5.02 Å². The Morgan fingerprint density at radius 3 is 2.54 bits per heavy atom. The highest BCUT2D eigenvalue weighted by atomic mass is 35.5. The van der Waals surface area contributed by atoms with E-state index in [9.17, 15) is 4.79 Å². The molecular formula is C21H18ClN3O3. The molecule has 0 saturated carbocycles. The molecule has 1 aromatic heterocycles. The number of halogens is 1.